The van der Waals surface area contributed by atoms with Gasteiger partial charge in [-0.2, -0.15) is 4.31 Å². The number of piperazine rings is 1. The summed E-state index contributed by atoms with van der Waals surface area (Å²) in [5.74, 6) is -0.426. The molecular weight excluding hydrogens is 255 g/mol. The fourth-order valence-corrected chi connectivity index (χ4v) is 3.46. The molecule has 1 aromatic rings. The molecule has 0 atom stereocenters. The van der Waals surface area contributed by atoms with Crippen LogP contribution in [0.4, 0.5) is 4.39 Å². The molecule has 6 heteroatoms. The number of benzene rings is 1. The summed E-state index contributed by atoms with van der Waals surface area (Å²) in [7, 11) is -3.47. The van der Waals surface area contributed by atoms with Crippen molar-refractivity contribution in [1.82, 2.24) is 9.21 Å². The Balaban J connectivity index is 2.15. The van der Waals surface area contributed by atoms with E-state index in [2.05, 4.69) is 11.8 Å². The number of hydrogen-bond donors (Lipinski definition) is 0. The number of rotatable bonds is 3. The van der Waals surface area contributed by atoms with E-state index in [0.29, 0.717) is 13.1 Å². The molecule has 100 valence electrons. The maximum Gasteiger partial charge on any atom is 0.243 e. The molecule has 1 saturated heterocycles. The first-order valence-electron chi connectivity index (χ1n) is 6.02. The Morgan fingerprint density at radius 3 is 2.17 bits per heavy atom. The standard InChI is InChI=1S/C12H17FN2O2S/c1-2-14-7-9-15(10-8-14)18(16,17)12-5-3-11(13)4-6-12/h3-6H,2,7-10H2,1H3. The molecule has 0 radical (unpaired) electrons. The SMILES string of the molecule is CCN1CCN(S(=O)(=O)c2ccc(F)cc2)CC1. The highest BCUT2D eigenvalue weighted by Gasteiger charge is 2.27. The molecule has 0 aromatic heterocycles. The van der Waals surface area contributed by atoms with E-state index in [0.717, 1.165) is 19.6 Å². The Morgan fingerprint density at radius 2 is 1.67 bits per heavy atom. The highest BCUT2D eigenvalue weighted by molar-refractivity contribution is 7.89. The lowest BCUT2D eigenvalue weighted by molar-refractivity contribution is 0.196. The minimum atomic E-state index is -3.47. The summed E-state index contributed by atoms with van der Waals surface area (Å²) in [4.78, 5) is 2.37. The zero-order valence-corrected chi connectivity index (χ0v) is 11.2. The highest BCUT2D eigenvalue weighted by atomic mass is 32.2. The van der Waals surface area contributed by atoms with Gasteiger partial charge in [0.05, 0.1) is 4.90 Å². The van der Waals surface area contributed by atoms with Gasteiger partial charge in [0.25, 0.3) is 0 Å². The fourth-order valence-electron chi connectivity index (χ4n) is 2.04. The minimum Gasteiger partial charge on any atom is -0.301 e. The molecule has 1 aromatic carbocycles. The van der Waals surface area contributed by atoms with Gasteiger partial charge < -0.3 is 4.90 Å². The van der Waals surface area contributed by atoms with Crippen molar-refractivity contribution in [3.05, 3.63) is 30.1 Å². The van der Waals surface area contributed by atoms with Crippen LogP contribution < -0.4 is 0 Å². The van der Waals surface area contributed by atoms with Crippen LogP contribution in [-0.2, 0) is 10.0 Å². The average molecular weight is 272 g/mol. The van der Waals surface area contributed by atoms with Gasteiger partial charge in [0.15, 0.2) is 0 Å². The summed E-state index contributed by atoms with van der Waals surface area (Å²) in [6, 6.07) is 4.98. The summed E-state index contributed by atoms with van der Waals surface area (Å²) in [6.07, 6.45) is 0. The zero-order valence-electron chi connectivity index (χ0n) is 10.3. The van der Waals surface area contributed by atoms with Crippen molar-refractivity contribution < 1.29 is 12.8 Å². The predicted octanol–water partition coefficient (Wildman–Crippen LogP) is 1.15. The molecule has 0 bridgehead atoms. The molecule has 1 fully saturated rings. The molecular formula is C12H17FN2O2S. The van der Waals surface area contributed by atoms with Gasteiger partial charge in [-0.05, 0) is 30.8 Å². The van der Waals surface area contributed by atoms with Crippen molar-refractivity contribution in [3.63, 3.8) is 0 Å². The quantitative estimate of drug-likeness (QED) is 0.829. The van der Waals surface area contributed by atoms with E-state index in [1.807, 2.05) is 0 Å². The van der Waals surface area contributed by atoms with E-state index in [-0.39, 0.29) is 4.90 Å². The van der Waals surface area contributed by atoms with Gasteiger partial charge in [0.1, 0.15) is 5.82 Å². The van der Waals surface area contributed by atoms with Gasteiger partial charge in [-0.1, -0.05) is 6.92 Å². The van der Waals surface area contributed by atoms with E-state index < -0.39 is 15.8 Å². The molecule has 18 heavy (non-hydrogen) atoms. The van der Waals surface area contributed by atoms with Crippen LogP contribution in [0.5, 0.6) is 0 Å². The van der Waals surface area contributed by atoms with Crippen LogP contribution in [0.2, 0.25) is 0 Å². The Kier molecular flexibility index (Phi) is 3.99. The van der Waals surface area contributed by atoms with Crippen LogP contribution in [-0.4, -0.2) is 50.3 Å². The van der Waals surface area contributed by atoms with Gasteiger partial charge in [0, 0.05) is 26.2 Å². The largest absolute Gasteiger partial charge is 0.301 e. The van der Waals surface area contributed by atoms with Crippen LogP contribution in [0.3, 0.4) is 0 Å². The molecule has 0 spiro atoms. The predicted molar refractivity (Wildman–Crippen MR) is 67.3 cm³/mol. The number of likely N-dealkylation sites (N-methyl/N-ethyl adjacent to an activating group) is 1. The van der Waals surface area contributed by atoms with Crippen LogP contribution >= 0.6 is 0 Å². The smallest absolute Gasteiger partial charge is 0.243 e. The lowest BCUT2D eigenvalue weighted by Gasteiger charge is -2.33. The second-order valence-corrected chi connectivity index (χ2v) is 6.23. The molecule has 1 heterocycles. The lowest BCUT2D eigenvalue weighted by atomic mass is 10.3. The van der Waals surface area contributed by atoms with E-state index in [1.165, 1.54) is 28.6 Å². The number of sulfonamides is 1. The van der Waals surface area contributed by atoms with Gasteiger partial charge in [-0.25, -0.2) is 12.8 Å². The first-order valence-corrected chi connectivity index (χ1v) is 7.46. The molecule has 4 nitrogen and oxygen atoms in total. The van der Waals surface area contributed by atoms with E-state index >= 15 is 0 Å². The highest BCUT2D eigenvalue weighted by Crippen LogP contribution is 2.17. The summed E-state index contributed by atoms with van der Waals surface area (Å²) in [5.41, 5.74) is 0. The molecule has 1 aliphatic heterocycles. The number of halogens is 1. The molecule has 1 aliphatic rings. The van der Waals surface area contributed by atoms with E-state index in [9.17, 15) is 12.8 Å². The van der Waals surface area contributed by atoms with Crippen molar-refractivity contribution >= 4 is 10.0 Å². The summed E-state index contributed by atoms with van der Waals surface area (Å²) >= 11 is 0. The van der Waals surface area contributed by atoms with Crippen molar-refractivity contribution in [1.29, 1.82) is 0 Å². The van der Waals surface area contributed by atoms with Gasteiger partial charge >= 0.3 is 0 Å². The number of hydrogen-bond acceptors (Lipinski definition) is 3. The molecule has 0 N–H and O–H groups in total. The molecule has 0 amide bonds. The summed E-state index contributed by atoms with van der Waals surface area (Å²) in [5, 5.41) is 0. The van der Waals surface area contributed by atoms with Crippen molar-refractivity contribution in [3.8, 4) is 0 Å². The van der Waals surface area contributed by atoms with Gasteiger partial charge in [0.2, 0.25) is 10.0 Å². The molecule has 0 aliphatic carbocycles. The first kappa shape index (κ1) is 13.5. The topological polar surface area (TPSA) is 40.6 Å². The summed E-state index contributed by atoms with van der Waals surface area (Å²) < 4.78 is 38.8. The third-order valence-corrected chi connectivity index (χ3v) is 5.14. The molecule has 2 rings (SSSR count). The maximum absolute atomic E-state index is 12.8. The Bertz CT molecular complexity index is 493. The second kappa shape index (κ2) is 5.34. The Hall–Kier alpha value is -0.980. The van der Waals surface area contributed by atoms with Crippen LogP contribution in [0, 0.1) is 5.82 Å². The van der Waals surface area contributed by atoms with Crippen LogP contribution in [0.1, 0.15) is 6.92 Å². The van der Waals surface area contributed by atoms with Crippen molar-refractivity contribution in [2.24, 2.45) is 0 Å². The normalized spacial score (nSPS) is 19.0. The zero-order chi connectivity index (χ0) is 13.2. The average Bonchev–Trinajstić information content (AvgIpc) is 2.39. The fraction of sp³-hybridized carbons (Fsp3) is 0.500. The van der Waals surface area contributed by atoms with Crippen molar-refractivity contribution in [2.45, 2.75) is 11.8 Å². The maximum atomic E-state index is 12.8. The van der Waals surface area contributed by atoms with Crippen LogP contribution in [0.25, 0.3) is 0 Å². The van der Waals surface area contributed by atoms with Gasteiger partial charge in [-0.3, -0.25) is 0 Å². The van der Waals surface area contributed by atoms with E-state index in [1.54, 1.807) is 0 Å². The first-order chi connectivity index (χ1) is 8.54. The summed E-state index contributed by atoms with van der Waals surface area (Å²) in [6.45, 7) is 5.48. The van der Waals surface area contributed by atoms with Crippen LogP contribution in [0.15, 0.2) is 29.2 Å². The molecule has 0 unspecified atom stereocenters. The number of nitrogens with zero attached hydrogens (tertiary/aromatic N) is 2. The monoisotopic (exact) mass is 272 g/mol. The van der Waals surface area contributed by atoms with Crippen molar-refractivity contribution in [2.75, 3.05) is 32.7 Å². The van der Waals surface area contributed by atoms with Gasteiger partial charge in [-0.15, -0.1) is 0 Å². The Morgan fingerprint density at radius 1 is 1.11 bits per heavy atom. The van der Waals surface area contributed by atoms with E-state index in [4.69, 9.17) is 0 Å². The second-order valence-electron chi connectivity index (χ2n) is 4.29. The third-order valence-electron chi connectivity index (χ3n) is 3.23. The lowest BCUT2D eigenvalue weighted by Crippen LogP contribution is -2.48. The minimum absolute atomic E-state index is 0.161. The third kappa shape index (κ3) is 2.71. The Labute approximate surface area is 107 Å². The molecule has 0 saturated carbocycles.